The topological polar surface area (TPSA) is 219 Å². The molecular formula is C41H70O13. The standard InChI is InChI=1S/C41H70O13/c1-20(2)10-9-13-41(8,50)21-11-15-39(6)28(21)22(43)16-26-38(5)14-12-27(45)37(3,4)34(38)24(17-40(26,39)7)52-36-33(31(48)30(47)25(18-42)53-36)54-35-32(49)29(46)23(44)19-51-35/h10,21-36,42-50H,9,11-19H2,1-8H3/t21-,22+,23+,24-,25+,26+,27-,28-,29-,30+,31-,32+,33+,34-,35-,36+,38+,39+,40+,41-/m0/s1. The molecule has 6 rings (SSSR count). The van der Waals surface area contributed by atoms with Crippen molar-refractivity contribution in [1.82, 2.24) is 0 Å². The highest BCUT2D eigenvalue weighted by molar-refractivity contribution is 5.22. The van der Waals surface area contributed by atoms with Gasteiger partial charge >= 0.3 is 0 Å². The third-order valence-electron chi connectivity index (χ3n) is 16.1. The van der Waals surface area contributed by atoms with Crippen molar-refractivity contribution in [1.29, 1.82) is 0 Å². The van der Waals surface area contributed by atoms with Crippen molar-refractivity contribution in [2.24, 2.45) is 45.3 Å². The number of rotatable bonds is 9. The Morgan fingerprint density at radius 2 is 1.52 bits per heavy atom. The van der Waals surface area contributed by atoms with Crippen molar-refractivity contribution in [2.45, 2.75) is 186 Å². The second-order valence-corrected chi connectivity index (χ2v) is 19.8. The van der Waals surface area contributed by atoms with Crippen LogP contribution in [0.2, 0.25) is 0 Å². The van der Waals surface area contributed by atoms with Crippen LogP contribution in [0.3, 0.4) is 0 Å². The summed E-state index contributed by atoms with van der Waals surface area (Å²) in [6, 6.07) is 0. The lowest BCUT2D eigenvalue weighted by atomic mass is 9.34. The molecule has 312 valence electrons. The summed E-state index contributed by atoms with van der Waals surface area (Å²) in [6.45, 7) is 16.0. The molecule has 0 spiro atoms. The Morgan fingerprint density at radius 3 is 2.17 bits per heavy atom. The van der Waals surface area contributed by atoms with E-state index in [2.05, 4.69) is 40.7 Å². The number of aliphatic hydroxyl groups excluding tert-OH is 8. The van der Waals surface area contributed by atoms with Crippen molar-refractivity contribution in [2.75, 3.05) is 13.2 Å². The van der Waals surface area contributed by atoms with Crippen LogP contribution in [0.25, 0.3) is 0 Å². The summed E-state index contributed by atoms with van der Waals surface area (Å²) in [5.74, 6) is -0.513. The van der Waals surface area contributed by atoms with Crippen LogP contribution in [0.5, 0.6) is 0 Å². The quantitative estimate of drug-likeness (QED) is 0.121. The summed E-state index contributed by atoms with van der Waals surface area (Å²) in [5, 5.41) is 99.6. The maximum absolute atomic E-state index is 12.2. The third kappa shape index (κ3) is 6.86. The van der Waals surface area contributed by atoms with E-state index in [1.54, 1.807) is 0 Å². The Hall–Kier alpha value is -0.780. The van der Waals surface area contributed by atoms with Gasteiger partial charge in [-0.2, -0.15) is 0 Å². The Labute approximate surface area is 320 Å². The van der Waals surface area contributed by atoms with Gasteiger partial charge in [-0.1, -0.05) is 46.3 Å². The molecule has 2 aliphatic heterocycles. The molecule has 20 atom stereocenters. The first kappa shape index (κ1) is 42.8. The highest BCUT2D eigenvalue weighted by Gasteiger charge is 2.73. The number of hydrogen-bond acceptors (Lipinski definition) is 13. The molecule has 6 fully saturated rings. The van der Waals surface area contributed by atoms with E-state index < -0.39 is 107 Å². The zero-order valence-electron chi connectivity index (χ0n) is 33.5. The second kappa shape index (κ2) is 15.1. The minimum Gasteiger partial charge on any atom is -0.394 e. The second-order valence-electron chi connectivity index (χ2n) is 19.8. The van der Waals surface area contributed by atoms with Gasteiger partial charge in [-0.05, 0) is 117 Å². The summed E-state index contributed by atoms with van der Waals surface area (Å²) < 4.78 is 24.8. The van der Waals surface area contributed by atoms with Crippen LogP contribution in [0, 0.1) is 45.3 Å². The smallest absolute Gasteiger partial charge is 0.187 e. The number of aliphatic hydroxyl groups is 9. The molecule has 54 heavy (non-hydrogen) atoms. The molecule has 0 bridgehead atoms. The van der Waals surface area contributed by atoms with Crippen LogP contribution >= 0.6 is 0 Å². The average molecular weight is 771 g/mol. The zero-order valence-corrected chi connectivity index (χ0v) is 33.5. The molecule has 0 aromatic rings. The number of hydrogen-bond donors (Lipinski definition) is 9. The summed E-state index contributed by atoms with van der Waals surface area (Å²) >= 11 is 0. The first-order valence-electron chi connectivity index (χ1n) is 20.4. The van der Waals surface area contributed by atoms with E-state index in [0.29, 0.717) is 32.1 Å². The van der Waals surface area contributed by atoms with E-state index in [1.165, 1.54) is 5.57 Å². The van der Waals surface area contributed by atoms with Gasteiger partial charge in [0.2, 0.25) is 0 Å². The van der Waals surface area contributed by atoms with Crippen molar-refractivity contribution >= 4 is 0 Å². The monoisotopic (exact) mass is 770 g/mol. The normalized spacial score (nSPS) is 52.8. The van der Waals surface area contributed by atoms with E-state index in [4.69, 9.17) is 18.9 Å². The molecule has 4 aliphatic carbocycles. The SMILES string of the molecule is CC(C)=CCC[C@](C)(O)[C@H]1CC[C@]2(C)[C@@H]1[C@H](O)C[C@@H]1[C@@]3(C)CC[C@H](O)C(C)(C)[C@@H]3[C@@H](O[C@@H]3O[C@H](CO)[C@@H](O)[C@H](O)[C@H]3O[C@@H]3OC[C@@H](O)[C@H](O)[C@H]3O)C[C@]12C. The number of ether oxygens (including phenoxy) is 4. The number of allylic oxidation sites excluding steroid dienone is 2. The first-order valence-corrected chi connectivity index (χ1v) is 20.4. The molecule has 0 radical (unpaired) electrons. The fraction of sp³-hybridized carbons (Fsp3) is 0.951. The lowest BCUT2D eigenvalue weighted by molar-refractivity contribution is -0.377. The van der Waals surface area contributed by atoms with Gasteiger partial charge in [0.05, 0.1) is 37.1 Å². The van der Waals surface area contributed by atoms with Gasteiger partial charge in [-0.15, -0.1) is 0 Å². The molecule has 0 aromatic carbocycles. The Kier molecular flexibility index (Phi) is 12.0. The van der Waals surface area contributed by atoms with Crippen molar-refractivity contribution < 1.29 is 64.9 Å². The van der Waals surface area contributed by atoms with Crippen LogP contribution in [0.1, 0.15) is 107 Å². The van der Waals surface area contributed by atoms with Gasteiger partial charge in [0, 0.05) is 0 Å². The largest absolute Gasteiger partial charge is 0.394 e. The lowest BCUT2D eigenvalue weighted by Crippen LogP contribution is -2.71. The summed E-state index contributed by atoms with van der Waals surface area (Å²) in [4.78, 5) is 0. The van der Waals surface area contributed by atoms with Crippen LogP contribution in [-0.2, 0) is 18.9 Å². The van der Waals surface area contributed by atoms with Gasteiger partial charge < -0.3 is 64.9 Å². The first-order chi connectivity index (χ1) is 25.0. The van der Waals surface area contributed by atoms with Crippen LogP contribution in [0.4, 0.5) is 0 Å². The molecule has 6 aliphatic rings. The maximum Gasteiger partial charge on any atom is 0.187 e. The molecule has 13 nitrogen and oxygen atoms in total. The van der Waals surface area contributed by atoms with E-state index in [1.807, 2.05) is 20.8 Å². The summed E-state index contributed by atoms with van der Waals surface area (Å²) in [5.41, 5.74) is -1.69. The molecular weight excluding hydrogens is 700 g/mol. The molecule has 0 amide bonds. The lowest BCUT2D eigenvalue weighted by Gasteiger charge is -2.72. The zero-order chi connectivity index (χ0) is 39.9. The fourth-order valence-electron chi connectivity index (χ4n) is 13.1. The molecule has 0 aromatic heterocycles. The molecule has 2 heterocycles. The van der Waals surface area contributed by atoms with Crippen LogP contribution in [0.15, 0.2) is 11.6 Å². The Morgan fingerprint density at radius 1 is 0.833 bits per heavy atom. The van der Waals surface area contributed by atoms with Crippen molar-refractivity contribution in [3.8, 4) is 0 Å². The highest BCUT2D eigenvalue weighted by Crippen LogP contribution is 2.76. The Balaban J connectivity index is 1.38. The van der Waals surface area contributed by atoms with E-state index >= 15 is 0 Å². The molecule has 2 saturated heterocycles. The van der Waals surface area contributed by atoms with Gasteiger partial charge in [-0.3, -0.25) is 0 Å². The van der Waals surface area contributed by atoms with Gasteiger partial charge in [0.25, 0.3) is 0 Å². The minimum absolute atomic E-state index is 0.0443. The maximum atomic E-state index is 12.2. The van der Waals surface area contributed by atoms with E-state index in [9.17, 15) is 46.0 Å². The predicted molar refractivity (Wildman–Crippen MR) is 196 cm³/mol. The Bertz CT molecular complexity index is 1350. The van der Waals surface area contributed by atoms with Gasteiger partial charge in [0.15, 0.2) is 12.6 Å². The fourth-order valence-corrected chi connectivity index (χ4v) is 13.1. The van der Waals surface area contributed by atoms with Crippen molar-refractivity contribution in [3.05, 3.63) is 11.6 Å². The molecule has 0 unspecified atom stereocenters. The summed E-state index contributed by atoms with van der Waals surface area (Å²) in [7, 11) is 0. The molecule has 13 heteroatoms. The van der Waals surface area contributed by atoms with Gasteiger partial charge in [0.1, 0.15) is 42.7 Å². The van der Waals surface area contributed by atoms with E-state index in [-0.39, 0.29) is 30.3 Å². The number of fused-ring (bicyclic) bond motifs is 5. The third-order valence-corrected chi connectivity index (χ3v) is 16.1. The van der Waals surface area contributed by atoms with Crippen LogP contribution in [-0.4, -0.2) is 138 Å². The summed E-state index contributed by atoms with van der Waals surface area (Å²) in [6.07, 6.45) is -7.90. The minimum atomic E-state index is -1.68. The van der Waals surface area contributed by atoms with Gasteiger partial charge in [-0.25, -0.2) is 0 Å². The van der Waals surface area contributed by atoms with E-state index in [0.717, 1.165) is 19.3 Å². The molecule has 9 N–H and O–H groups in total. The highest BCUT2D eigenvalue weighted by atomic mass is 16.8. The van der Waals surface area contributed by atoms with Crippen molar-refractivity contribution in [3.63, 3.8) is 0 Å². The average Bonchev–Trinajstić information content (AvgIpc) is 3.48. The molecule has 4 saturated carbocycles. The van der Waals surface area contributed by atoms with Crippen LogP contribution < -0.4 is 0 Å². The predicted octanol–water partition coefficient (Wildman–Crippen LogP) is 1.76.